The summed E-state index contributed by atoms with van der Waals surface area (Å²) in [4.78, 5) is 0. The highest BCUT2D eigenvalue weighted by Gasteiger charge is 2.34. The first-order valence-corrected chi connectivity index (χ1v) is 4.45. The molecule has 2 atom stereocenters. The van der Waals surface area contributed by atoms with Crippen LogP contribution in [0.25, 0.3) is 0 Å². The van der Waals surface area contributed by atoms with Gasteiger partial charge in [0, 0.05) is 5.41 Å². The van der Waals surface area contributed by atoms with E-state index in [1.54, 1.807) is 0 Å². The van der Waals surface area contributed by atoms with Crippen LogP contribution in [-0.4, -0.2) is 12.2 Å². The van der Waals surface area contributed by atoms with Gasteiger partial charge in [0.2, 0.25) is 0 Å². The largest absolute Gasteiger partial charge is 0.370 e. The topological polar surface area (TPSA) is 9.23 Å². The maximum absolute atomic E-state index is 5.73. The van der Waals surface area contributed by atoms with Gasteiger partial charge in [0.1, 0.15) is 0 Å². The molecule has 0 aromatic heterocycles. The minimum absolute atomic E-state index is 0.109. The van der Waals surface area contributed by atoms with Crippen molar-refractivity contribution in [1.82, 2.24) is 0 Å². The Morgan fingerprint density at radius 3 is 2.17 bits per heavy atom. The van der Waals surface area contributed by atoms with Crippen LogP contribution in [0.4, 0.5) is 0 Å². The Morgan fingerprint density at radius 1 is 1.17 bits per heavy atom. The predicted molar refractivity (Wildman–Crippen MR) is 52.1 cm³/mol. The lowest BCUT2D eigenvalue weighted by atomic mass is 9.79. The van der Waals surface area contributed by atoms with Gasteiger partial charge in [-0.05, 0) is 19.8 Å². The van der Waals surface area contributed by atoms with Crippen LogP contribution in [-0.2, 0) is 4.74 Å². The molecule has 0 saturated carbocycles. The van der Waals surface area contributed by atoms with E-state index < -0.39 is 0 Å². The Hall–Kier alpha value is -0.560. The molecule has 0 aromatic carbocycles. The smallest absolute Gasteiger partial charge is 0.0832 e. The molecule has 1 heteroatoms. The molecule has 0 bridgehead atoms. The van der Waals surface area contributed by atoms with Crippen molar-refractivity contribution in [3.63, 3.8) is 0 Å². The van der Waals surface area contributed by atoms with E-state index in [4.69, 9.17) is 4.74 Å². The first-order valence-electron chi connectivity index (χ1n) is 4.45. The van der Waals surface area contributed by atoms with Crippen LogP contribution in [0.1, 0.15) is 26.7 Å². The summed E-state index contributed by atoms with van der Waals surface area (Å²) in [6, 6.07) is 0. The van der Waals surface area contributed by atoms with Gasteiger partial charge in [-0.25, -0.2) is 0 Å². The van der Waals surface area contributed by atoms with Crippen molar-refractivity contribution in [3.8, 4) is 0 Å². The van der Waals surface area contributed by atoms with Crippen LogP contribution in [0, 0.1) is 5.41 Å². The minimum Gasteiger partial charge on any atom is -0.370 e. The van der Waals surface area contributed by atoms with Crippen molar-refractivity contribution in [2.24, 2.45) is 5.41 Å². The first-order chi connectivity index (χ1) is 5.54. The summed E-state index contributed by atoms with van der Waals surface area (Å²) in [5, 5.41) is 0. The molecule has 1 nitrogen and oxygen atoms in total. The zero-order chi connectivity index (χ0) is 9.24. The third kappa shape index (κ3) is 1.78. The fourth-order valence-corrected chi connectivity index (χ4v) is 1.33. The Kier molecular flexibility index (Phi) is 2.43. The van der Waals surface area contributed by atoms with Crippen molar-refractivity contribution in [3.05, 3.63) is 25.3 Å². The maximum atomic E-state index is 5.73. The molecule has 1 rings (SSSR count). The third-order valence-corrected chi connectivity index (χ3v) is 2.85. The summed E-state index contributed by atoms with van der Waals surface area (Å²) in [5.41, 5.74) is 0.0606. The molecule has 2 unspecified atom stereocenters. The zero-order valence-electron chi connectivity index (χ0n) is 8.10. The summed E-state index contributed by atoms with van der Waals surface area (Å²) in [5.74, 6) is 0. The molecule has 1 aliphatic heterocycles. The fraction of sp³-hybridized carbons (Fsp3) is 0.636. The monoisotopic (exact) mass is 166 g/mol. The summed E-state index contributed by atoms with van der Waals surface area (Å²) in [7, 11) is 0. The van der Waals surface area contributed by atoms with Gasteiger partial charge in [-0.3, -0.25) is 0 Å². The highest BCUT2D eigenvalue weighted by atomic mass is 16.5. The number of rotatable bonds is 2. The quantitative estimate of drug-likeness (QED) is 0.573. The van der Waals surface area contributed by atoms with E-state index in [9.17, 15) is 0 Å². The maximum Gasteiger partial charge on any atom is 0.0832 e. The van der Waals surface area contributed by atoms with Gasteiger partial charge < -0.3 is 4.74 Å². The molecule has 0 aromatic rings. The van der Waals surface area contributed by atoms with Gasteiger partial charge in [-0.2, -0.15) is 0 Å². The molecule has 1 saturated heterocycles. The second-order valence-electron chi connectivity index (χ2n) is 4.16. The van der Waals surface area contributed by atoms with Crippen molar-refractivity contribution in [1.29, 1.82) is 0 Å². The van der Waals surface area contributed by atoms with Crippen molar-refractivity contribution in [2.75, 3.05) is 6.61 Å². The third-order valence-electron chi connectivity index (χ3n) is 2.85. The Balaban J connectivity index is 2.60. The van der Waals surface area contributed by atoms with Crippen LogP contribution in [0.5, 0.6) is 0 Å². The van der Waals surface area contributed by atoms with Gasteiger partial charge in [-0.15, -0.1) is 13.2 Å². The number of hydrogen-bond acceptors (Lipinski definition) is 1. The SMILES string of the molecule is C=CC1(C)CCC(C)(C=C)OC1. The molecule has 12 heavy (non-hydrogen) atoms. The first kappa shape index (κ1) is 9.53. The molecule has 1 heterocycles. The summed E-state index contributed by atoms with van der Waals surface area (Å²) in [6.07, 6.45) is 6.07. The standard InChI is InChI=1S/C11H18O/c1-5-10(3)7-8-11(4,6-2)12-9-10/h5-6H,1-2,7-9H2,3-4H3. The van der Waals surface area contributed by atoms with E-state index >= 15 is 0 Å². The van der Waals surface area contributed by atoms with Gasteiger partial charge >= 0.3 is 0 Å². The van der Waals surface area contributed by atoms with E-state index in [-0.39, 0.29) is 11.0 Å². The van der Waals surface area contributed by atoms with Crippen molar-refractivity contribution >= 4 is 0 Å². The highest BCUT2D eigenvalue weighted by molar-refractivity contribution is 5.02. The molecule has 1 aliphatic rings. The lowest BCUT2D eigenvalue weighted by Gasteiger charge is -2.40. The van der Waals surface area contributed by atoms with E-state index in [2.05, 4.69) is 27.0 Å². The van der Waals surface area contributed by atoms with Gasteiger partial charge in [-0.1, -0.05) is 19.1 Å². The molecule has 68 valence electrons. The Labute approximate surface area is 75.1 Å². The van der Waals surface area contributed by atoms with Gasteiger partial charge in [0.15, 0.2) is 0 Å². The molecule has 0 radical (unpaired) electrons. The second-order valence-corrected chi connectivity index (χ2v) is 4.16. The van der Waals surface area contributed by atoms with E-state index in [0.717, 1.165) is 19.4 Å². The van der Waals surface area contributed by atoms with Gasteiger partial charge in [0.25, 0.3) is 0 Å². The molecule has 0 spiro atoms. The molecule has 0 N–H and O–H groups in total. The van der Waals surface area contributed by atoms with Crippen LogP contribution in [0.2, 0.25) is 0 Å². The van der Waals surface area contributed by atoms with Crippen LogP contribution < -0.4 is 0 Å². The summed E-state index contributed by atoms with van der Waals surface area (Å²) in [6.45, 7) is 12.6. The average Bonchev–Trinajstić information content (AvgIpc) is 2.11. The molecule has 0 amide bonds. The lowest BCUT2D eigenvalue weighted by Crippen LogP contribution is -2.39. The van der Waals surface area contributed by atoms with Crippen LogP contribution >= 0.6 is 0 Å². The average molecular weight is 166 g/mol. The molecule has 0 aliphatic carbocycles. The molecular weight excluding hydrogens is 148 g/mol. The normalized spacial score (nSPS) is 42.2. The van der Waals surface area contributed by atoms with E-state index in [1.165, 1.54) is 0 Å². The second kappa shape index (κ2) is 3.06. The Bertz CT molecular complexity index is 163. The van der Waals surface area contributed by atoms with Crippen molar-refractivity contribution < 1.29 is 4.74 Å². The Morgan fingerprint density at radius 2 is 1.83 bits per heavy atom. The fourth-order valence-electron chi connectivity index (χ4n) is 1.33. The van der Waals surface area contributed by atoms with E-state index in [0.29, 0.717) is 0 Å². The summed E-state index contributed by atoms with van der Waals surface area (Å²) < 4.78 is 5.73. The number of ether oxygens (including phenoxy) is 1. The zero-order valence-corrected chi connectivity index (χ0v) is 8.10. The highest BCUT2D eigenvalue weighted by Crippen LogP contribution is 2.36. The number of hydrogen-bond donors (Lipinski definition) is 0. The van der Waals surface area contributed by atoms with Crippen molar-refractivity contribution in [2.45, 2.75) is 32.3 Å². The van der Waals surface area contributed by atoms with E-state index in [1.807, 2.05) is 12.2 Å². The lowest BCUT2D eigenvalue weighted by molar-refractivity contribution is -0.0751. The van der Waals surface area contributed by atoms with Crippen LogP contribution in [0.3, 0.4) is 0 Å². The predicted octanol–water partition coefficient (Wildman–Crippen LogP) is 2.93. The van der Waals surface area contributed by atoms with Gasteiger partial charge in [0.05, 0.1) is 12.2 Å². The summed E-state index contributed by atoms with van der Waals surface area (Å²) >= 11 is 0. The van der Waals surface area contributed by atoms with Crippen LogP contribution in [0.15, 0.2) is 25.3 Å². The molecule has 1 fully saturated rings. The molecular formula is C11H18O. The minimum atomic E-state index is -0.109.